The van der Waals surface area contributed by atoms with Crippen molar-refractivity contribution in [1.82, 2.24) is 19.1 Å². The van der Waals surface area contributed by atoms with Gasteiger partial charge in [0.2, 0.25) is 11.1 Å². The Hall–Kier alpha value is -1.67. The molecule has 8 heteroatoms. The Bertz CT molecular complexity index is 692. The van der Waals surface area contributed by atoms with Gasteiger partial charge in [-0.25, -0.2) is 0 Å². The maximum Gasteiger partial charge on any atom is 0.238 e. The van der Waals surface area contributed by atoms with E-state index < -0.39 is 6.10 Å². The van der Waals surface area contributed by atoms with Crippen molar-refractivity contribution < 1.29 is 5.11 Å². The highest BCUT2D eigenvalue weighted by Crippen LogP contribution is 2.40. The maximum atomic E-state index is 10.3. The van der Waals surface area contributed by atoms with E-state index in [0.717, 1.165) is 61.4 Å². The van der Waals surface area contributed by atoms with Crippen molar-refractivity contribution in [1.29, 1.82) is 0 Å². The number of hydrogen-bond acceptors (Lipinski definition) is 7. The molecule has 0 bridgehead atoms. The van der Waals surface area contributed by atoms with Crippen molar-refractivity contribution >= 4 is 22.6 Å². The Balaban J connectivity index is 1.55. The van der Waals surface area contributed by atoms with Crippen LogP contribution in [-0.2, 0) is 13.1 Å². The van der Waals surface area contributed by atoms with Gasteiger partial charge in [-0.05, 0) is 31.2 Å². The van der Waals surface area contributed by atoms with Crippen LogP contribution in [0.5, 0.6) is 0 Å². The van der Waals surface area contributed by atoms with Crippen LogP contribution in [0, 0.1) is 5.92 Å². The molecule has 3 heterocycles. The highest BCUT2D eigenvalue weighted by molar-refractivity contribution is 7.09. The summed E-state index contributed by atoms with van der Waals surface area (Å²) in [5, 5.41) is 15.9. The number of hydrogen-bond donors (Lipinski definition) is 1. The van der Waals surface area contributed by atoms with Gasteiger partial charge in [-0.15, -0.1) is 0 Å². The molecule has 0 saturated heterocycles. The molecule has 1 aliphatic heterocycles. The van der Waals surface area contributed by atoms with E-state index in [1.165, 1.54) is 11.5 Å². The first-order chi connectivity index (χ1) is 11.1. The molecule has 1 aliphatic carbocycles. The molecule has 4 rings (SSSR count). The number of rotatable bonds is 4. The van der Waals surface area contributed by atoms with E-state index in [-0.39, 0.29) is 0 Å². The summed E-state index contributed by atoms with van der Waals surface area (Å²) < 4.78 is 6.45. The SMILES string of the molecule is CN(C)c1nsc(N2CCCn3nc([C@H](O)C4CC4)cc3C2)n1. The summed E-state index contributed by atoms with van der Waals surface area (Å²) in [4.78, 5) is 8.79. The van der Waals surface area contributed by atoms with Gasteiger partial charge in [-0.1, -0.05) is 0 Å². The number of aryl methyl sites for hydroxylation is 1. The minimum absolute atomic E-state index is 0.398. The lowest BCUT2D eigenvalue weighted by molar-refractivity contribution is 0.148. The zero-order valence-corrected chi connectivity index (χ0v) is 14.3. The summed E-state index contributed by atoms with van der Waals surface area (Å²) in [5.74, 6) is 1.17. The van der Waals surface area contributed by atoms with Crippen LogP contribution in [0.3, 0.4) is 0 Å². The van der Waals surface area contributed by atoms with Gasteiger partial charge in [-0.3, -0.25) is 4.68 Å². The highest BCUT2D eigenvalue weighted by atomic mass is 32.1. The molecule has 0 spiro atoms. The van der Waals surface area contributed by atoms with Gasteiger partial charge in [0.25, 0.3) is 0 Å². The molecule has 1 N–H and O–H groups in total. The first-order valence-electron chi connectivity index (χ1n) is 8.12. The molecule has 0 aromatic carbocycles. The predicted octanol–water partition coefficient (Wildman–Crippen LogP) is 1.65. The third-order valence-corrected chi connectivity index (χ3v) is 5.25. The Morgan fingerprint density at radius 1 is 1.35 bits per heavy atom. The van der Waals surface area contributed by atoms with Crippen molar-refractivity contribution in [2.75, 3.05) is 30.4 Å². The maximum absolute atomic E-state index is 10.3. The Labute approximate surface area is 139 Å². The molecular weight excluding hydrogens is 312 g/mol. The zero-order valence-electron chi connectivity index (χ0n) is 13.5. The summed E-state index contributed by atoms with van der Waals surface area (Å²) in [6.07, 6.45) is 2.86. The number of aliphatic hydroxyl groups excluding tert-OH is 1. The van der Waals surface area contributed by atoms with Gasteiger partial charge in [0.05, 0.1) is 17.9 Å². The minimum Gasteiger partial charge on any atom is -0.386 e. The van der Waals surface area contributed by atoms with E-state index in [4.69, 9.17) is 0 Å². The second-order valence-electron chi connectivity index (χ2n) is 6.61. The fourth-order valence-electron chi connectivity index (χ4n) is 2.96. The lowest BCUT2D eigenvalue weighted by Gasteiger charge is -2.18. The third kappa shape index (κ3) is 2.92. The van der Waals surface area contributed by atoms with Crippen molar-refractivity contribution in [2.45, 2.75) is 38.5 Å². The van der Waals surface area contributed by atoms with E-state index in [9.17, 15) is 5.11 Å². The standard InChI is InChI=1S/C15H22N6OS/c1-19(2)14-16-15(23-18-14)20-6-3-7-21-11(9-20)8-12(17-21)13(22)10-4-5-10/h8,10,13,22H,3-7,9H2,1-2H3/t13-/m1/s1. The number of anilines is 2. The first kappa shape index (κ1) is 14.9. The highest BCUT2D eigenvalue weighted by Gasteiger charge is 2.33. The van der Waals surface area contributed by atoms with Gasteiger partial charge in [0, 0.05) is 38.7 Å². The predicted molar refractivity (Wildman–Crippen MR) is 89.8 cm³/mol. The molecule has 124 valence electrons. The summed E-state index contributed by atoms with van der Waals surface area (Å²) in [6.45, 7) is 2.61. The van der Waals surface area contributed by atoms with Crippen LogP contribution in [0.4, 0.5) is 11.1 Å². The third-order valence-electron chi connectivity index (χ3n) is 4.48. The fourth-order valence-corrected chi connectivity index (χ4v) is 3.73. The second kappa shape index (κ2) is 5.76. The van der Waals surface area contributed by atoms with Crippen LogP contribution >= 0.6 is 11.5 Å². The van der Waals surface area contributed by atoms with Gasteiger partial charge in [0.15, 0.2) is 0 Å². The number of nitrogens with zero attached hydrogens (tertiary/aromatic N) is 6. The second-order valence-corrected chi connectivity index (χ2v) is 7.34. The van der Waals surface area contributed by atoms with Gasteiger partial charge < -0.3 is 14.9 Å². The molecular formula is C15H22N6OS. The van der Waals surface area contributed by atoms with Crippen molar-refractivity contribution in [3.05, 3.63) is 17.5 Å². The molecule has 1 atom stereocenters. The Kier molecular flexibility index (Phi) is 3.73. The number of aromatic nitrogens is 4. The molecule has 2 aliphatic rings. The Morgan fingerprint density at radius 2 is 2.17 bits per heavy atom. The molecule has 0 amide bonds. The quantitative estimate of drug-likeness (QED) is 0.917. The average molecular weight is 334 g/mol. The molecule has 1 saturated carbocycles. The van der Waals surface area contributed by atoms with Crippen molar-refractivity contribution in [2.24, 2.45) is 5.92 Å². The normalized spacial score (nSPS) is 19.3. The number of fused-ring (bicyclic) bond motifs is 1. The van der Waals surface area contributed by atoms with Gasteiger partial charge in [0.1, 0.15) is 6.10 Å². The Morgan fingerprint density at radius 3 is 2.87 bits per heavy atom. The lowest BCUT2D eigenvalue weighted by atomic mass is 10.1. The molecule has 0 radical (unpaired) electrons. The van der Waals surface area contributed by atoms with E-state index in [2.05, 4.69) is 30.1 Å². The van der Waals surface area contributed by atoms with Gasteiger partial charge in [-0.2, -0.15) is 14.5 Å². The van der Waals surface area contributed by atoms with Crippen LogP contribution in [0.25, 0.3) is 0 Å². The molecule has 1 fully saturated rings. The van der Waals surface area contributed by atoms with E-state index in [1.807, 2.05) is 19.0 Å². The van der Waals surface area contributed by atoms with E-state index in [0.29, 0.717) is 5.92 Å². The lowest BCUT2D eigenvalue weighted by Crippen LogP contribution is -2.22. The van der Waals surface area contributed by atoms with Crippen LogP contribution in [-0.4, -0.2) is 44.9 Å². The largest absolute Gasteiger partial charge is 0.386 e. The molecule has 7 nitrogen and oxygen atoms in total. The minimum atomic E-state index is -0.398. The van der Waals surface area contributed by atoms with Gasteiger partial charge >= 0.3 is 0 Å². The van der Waals surface area contributed by atoms with Crippen LogP contribution < -0.4 is 9.80 Å². The molecule has 2 aromatic heterocycles. The number of aliphatic hydroxyl groups is 1. The summed E-state index contributed by atoms with van der Waals surface area (Å²) in [7, 11) is 3.91. The van der Waals surface area contributed by atoms with Crippen LogP contribution in [0.1, 0.15) is 36.8 Å². The van der Waals surface area contributed by atoms with Crippen LogP contribution in [0.15, 0.2) is 6.07 Å². The van der Waals surface area contributed by atoms with E-state index in [1.54, 1.807) is 0 Å². The topological polar surface area (TPSA) is 70.3 Å². The summed E-state index contributed by atoms with van der Waals surface area (Å²) >= 11 is 1.44. The molecule has 0 unspecified atom stereocenters. The van der Waals surface area contributed by atoms with Crippen molar-refractivity contribution in [3.63, 3.8) is 0 Å². The summed E-state index contributed by atoms with van der Waals surface area (Å²) in [5.41, 5.74) is 1.98. The monoisotopic (exact) mass is 334 g/mol. The van der Waals surface area contributed by atoms with E-state index >= 15 is 0 Å². The fraction of sp³-hybridized carbons (Fsp3) is 0.667. The van der Waals surface area contributed by atoms with Crippen molar-refractivity contribution in [3.8, 4) is 0 Å². The average Bonchev–Trinajstić information content (AvgIpc) is 3.18. The zero-order chi connectivity index (χ0) is 16.0. The smallest absolute Gasteiger partial charge is 0.238 e. The first-order valence-corrected chi connectivity index (χ1v) is 8.90. The summed E-state index contributed by atoms with van der Waals surface area (Å²) in [6, 6.07) is 2.06. The van der Waals surface area contributed by atoms with Crippen LogP contribution in [0.2, 0.25) is 0 Å². The molecule has 2 aromatic rings. The molecule has 23 heavy (non-hydrogen) atoms.